The topological polar surface area (TPSA) is 333 Å². The number of hydrogen-bond donors (Lipinski definition) is 0. The number of fused-ring (bicyclic) bond motifs is 19. The second-order valence-corrected chi connectivity index (χ2v) is 42.5. The number of ether oxygens (including phenoxy) is 10. The van der Waals surface area contributed by atoms with Crippen molar-refractivity contribution < 1.29 is 146 Å². The van der Waals surface area contributed by atoms with Gasteiger partial charge in [-0.05, 0) is 221 Å². The van der Waals surface area contributed by atoms with Crippen molar-refractivity contribution in [1.82, 2.24) is 44.6 Å². The van der Waals surface area contributed by atoms with E-state index in [2.05, 4.69) is 19.5 Å². The largest absolute Gasteiger partial charge is 0.540 e. The number of aromatic nitrogens is 6. The number of carbonyl (C=O) groups is 6. The molecule has 135 heavy (non-hydrogen) atoms. The van der Waals surface area contributed by atoms with E-state index in [-0.39, 0.29) is 147 Å². The number of aryl methyl sites for hydroxylation is 3. The number of hydrogen-bond acceptors (Lipinski definition) is 25. The van der Waals surface area contributed by atoms with Crippen molar-refractivity contribution in [3.8, 4) is 29.0 Å². The molecular weight excluding hydrogens is 1830 g/mol. The van der Waals surface area contributed by atoms with Gasteiger partial charge in [-0.2, -0.15) is 0 Å². The molecule has 9 heterocycles. The molecule has 733 valence electrons. The van der Waals surface area contributed by atoms with Crippen LogP contribution in [0.1, 0.15) is 253 Å². The van der Waals surface area contributed by atoms with Gasteiger partial charge in [0, 0.05) is 126 Å². The van der Waals surface area contributed by atoms with Crippen molar-refractivity contribution >= 4 is 87.4 Å². The predicted octanol–water partition coefficient (Wildman–Crippen LogP) is 15.5. The van der Waals surface area contributed by atoms with Crippen molar-refractivity contribution in [2.24, 2.45) is 74.9 Å². The zero-order chi connectivity index (χ0) is 94.3. The first-order valence-electron chi connectivity index (χ1n) is 48.6. The van der Waals surface area contributed by atoms with Crippen molar-refractivity contribution in [2.45, 2.75) is 316 Å². The number of ketones is 1. The molecule has 3 saturated heterocycles. The van der Waals surface area contributed by atoms with Crippen LogP contribution in [0, 0.1) is 74.9 Å². The number of amides is 3. The Balaban J connectivity index is 0.000000193. The van der Waals surface area contributed by atoms with Crippen LogP contribution in [0.5, 0.6) is 29.0 Å². The van der Waals surface area contributed by atoms with Crippen LogP contribution in [0.4, 0.5) is 0 Å². The summed E-state index contributed by atoms with van der Waals surface area (Å²) in [7, 11) is 9.42. The standard InChI is InChI=1S/C36H48N3O6.C35H48N3O6.C33H44N3O7.3V/c1-36(2,3)26-18-32(41)45-33-22-12-11-21(15-22)25(33)9-7-6-8-10-27-29(38-30-17-24(43-4)13-14-28(30)37-27)16-23-19-39(35(26)42)31(20-40)34(23)44-5;1-34(2,3)25-17-23(40)19-35(4)16-10-12-22(35)11-8-7-9-13-27-32(37-28-18-24(42-5)14-15-26(28)36-27)44-30-20-38(33(25)41)29(21-39)31(30)43-6;1-33(2,3)22-17-29(38)42-27-13-9-11-20(27)10-7-6-8-12-24-31(35-25-16-21(40-4)14-15-23(25)34-24)43-28-18-36(32(22)39)26(19-37)30(28)41-5;;;/h13-14,17,21-23,25-26,31,33-34H,6-12,15-16,18-19H2,1-5H3;14-15,18,22,25,29-31H,7-13,16-17,19-20H2,1-6H3;14-16,20,22,26-28,30H,6-13,17-18H2,1-5H3;;;/q3*-1;;;/t21-,22+,23+,25-,26-,31-,33-,34-;22-,25-,29-,30+,31+,35+;20-,22-,26-,27-,28+,30+;;;/m111.../s1. The van der Waals surface area contributed by atoms with E-state index in [1.807, 2.05) is 123 Å². The van der Waals surface area contributed by atoms with E-state index in [9.17, 15) is 43.2 Å². The molecule has 3 radical (unpaired) electrons. The third-order valence-electron chi connectivity index (χ3n) is 30.8. The summed E-state index contributed by atoms with van der Waals surface area (Å²) in [4.78, 5) is 155. The molecule has 3 amide bonds. The third kappa shape index (κ3) is 24.9. The van der Waals surface area contributed by atoms with Crippen LogP contribution in [-0.4, -0.2) is 222 Å². The first-order valence-corrected chi connectivity index (χ1v) is 48.6. The molecule has 0 spiro atoms. The Bertz CT molecular complexity index is 5130. The minimum Gasteiger partial charge on any atom is -0.540 e. The smallest absolute Gasteiger partial charge is 0.306 e. The van der Waals surface area contributed by atoms with E-state index in [4.69, 9.17) is 77.3 Å². The summed E-state index contributed by atoms with van der Waals surface area (Å²) in [5, 5.41) is 0. The van der Waals surface area contributed by atoms with Crippen LogP contribution < -0.4 is 23.7 Å². The number of rotatable bonds is 9. The minimum absolute atomic E-state index is 0. The van der Waals surface area contributed by atoms with Crippen LogP contribution in [-0.2, 0) is 148 Å². The van der Waals surface area contributed by atoms with Gasteiger partial charge < -0.3 is 76.5 Å². The van der Waals surface area contributed by atoms with Crippen molar-refractivity contribution in [2.75, 3.05) is 62.3 Å². The SMILES string of the molecule is COc1ccc2nc3c(nc2c1)C[C@H]1CN(C(=O)[C@H](C(C)(C)C)CC(=O)O[C@@H]2[C@H]4CC[C@H](C4)[C@H]2CCCCC3)[C@H]([C-]=O)[C@@H]1OC.COc1ccc2nc3c(nc2c1)O[C@H]1CN(C(=O)[C@H](C(C)(C)C)CC(=O)C[C@]2(C)CCC[C@H]2CCCCC3)[C@H]([C-]=O)[C@@H]1OC.COc1ccc2nc3c(nc2c1)O[C@H]1CN(C(=O)[C@H](C(C)(C)C)CC(=O)O[C@@H]2CCC[C@H]2CCCCC3)[C@H]([C-]=O)[C@@H]1OC.[V].[V].[V]. The molecule has 16 rings (SSSR count). The van der Waals surface area contributed by atoms with E-state index in [0.717, 1.165) is 180 Å². The molecule has 31 heteroatoms. The van der Waals surface area contributed by atoms with Gasteiger partial charge >= 0.3 is 11.9 Å². The van der Waals surface area contributed by atoms with Gasteiger partial charge in [-0.1, -0.05) is 114 Å². The molecule has 6 aromatic rings. The first kappa shape index (κ1) is 108. The third-order valence-corrected chi connectivity index (χ3v) is 30.8. The summed E-state index contributed by atoms with van der Waals surface area (Å²) in [6.45, 7) is 20.4. The Kier molecular flexibility index (Phi) is 37.6. The van der Waals surface area contributed by atoms with Gasteiger partial charge in [0.2, 0.25) is 29.5 Å². The van der Waals surface area contributed by atoms with E-state index in [1.165, 1.54) is 30.4 Å². The van der Waals surface area contributed by atoms with Gasteiger partial charge in [-0.25, -0.2) is 48.8 Å². The maximum Gasteiger partial charge on any atom is 0.306 e. The average Bonchev–Trinajstić information content (AvgIpc) is 1.52. The second kappa shape index (κ2) is 47.1. The molecule has 28 nitrogen and oxygen atoms in total. The summed E-state index contributed by atoms with van der Waals surface area (Å²) in [5.41, 5.74) is 6.01. The number of Topliss-reactive ketones (excluding diaryl/α,β-unsaturated/α-hetero) is 1. The summed E-state index contributed by atoms with van der Waals surface area (Å²) < 4.78 is 59.0. The molecular formula is C104H140N9O19V3-3. The van der Waals surface area contributed by atoms with Crippen molar-refractivity contribution in [3.63, 3.8) is 0 Å². The molecule has 20 atom stereocenters. The predicted molar refractivity (Wildman–Crippen MR) is 496 cm³/mol. The van der Waals surface area contributed by atoms with Crippen LogP contribution >= 0.6 is 0 Å². The zero-order valence-corrected chi connectivity index (χ0v) is 86.1. The van der Waals surface area contributed by atoms with Gasteiger partial charge in [0.05, 0.1) is 122 Å². The normalized spacial score (nSPS) is 30.3. The molecule has 3 aromatic heterocycles. The maximum atomic E-state index is 14.3. The number of benzene rings is 3. The van der Waals surface area contributed by atoms with Gasteiger partial charge in [-0.3, -0.25) is 28.8 Å². The molecule has 0 N–H and O–H groups in total. The first-order chi connectivity index (χ1) is 63.2. The fourth-order valence-electron chi connectivity index (χ4n) is 23.3. The van der Waals surface area contributed by atoms with Gasteiger partial charge in [0.15, 0.2) is 0 Å². The van der Waals surface area contributed by atoms with Crippen LogP contribution in [0.3, 0.4) is 0 Å². The summed E-state index contributed by atoms with van der Waals surface area (Å²) in [6.07, 6.45) is 27.8. The summed E-state index contributed by atoms with van der Waals surface area (Å²) >= 11 is 0. The Morgan fingerprint density at radius 1 is 0.385 bits per heavy atom. The fraction of sp³-hybridized carbons (Fsp3) is 0.683. The second-order valence-electron chi connectivity index (χ2n) is 42.5. The molecule has 7 fully saturated rings. The molecule has 8 bridgehead atoms. The number of nitrogens with zero attached hydrogens (tertiary/aromatic N) is 9. The van der Waals surface area contributed by atoms with Crippen LogP contribution in [0.15, 0.2) is 54.6 Å². The molecule has 6 aliphatic heterocycles. The monoisotopic (exact) mass is 1970 g/mol. The fourth-order valence-corrected chi connectivity index (χ4v) is 23.3. The van der Waals surface area contributed by atoms with Gasteiger partial charge in [0.1, 0.15) is 58.8 Å². The average molecular weight is 1970 g/mol. The van der Waals surface area contributed by atoms with E-state index >= 15 is 0 Å². The number of esters is 2. The van der Waals surface area contributed by atoms with E-state index < -0.39 is 82.6 Å². The van der Waals surface area contributed by atoms with Crippen molar-refractivity contribution in [1.29, 1.82) is 0 Å². The molecule has 10 aliphatic rings. The zero-order valence-electron chi connectivity index (χ0n) is 81.9. The number of methoxy groups -OCH3 is 6. The minimum atomic E-state index is -0.998. The van der Waals surface area contributed by atoms with Gasteiger partial charge in [-0.15, -0.1) is 0 Å². The van der Waals surface area contributed by atoms with E-state index in [0.29, 0.717) is 102 Å². The van der Waals surface area contributed by atoms with Crippen LogP contribution in [0.2, 0.25) is 0 Å². The molecule has 4 aliphatic carbocycles. The Hall–Kier alpha value is -7.66. The summed E-state index contributed by atoms with van der Waals surface area (Å²) in [5.74, 6) is 1.58. The molecule has 4 saturated carbocycles. The Labute approximate surface area is 832 Å². The maximum absolute atomic E-state index is 14.3. The Morgan fingerprint density at radius 3 is 1.28 bits per heavy atom. The molecule has 3 aromatic carbocycles. The summed E-state index contributed by atoms with van der Waals surface area (Å²) in [6, 6.07) is 14.0. The Morgan fingerprint density at radius 2 is 0.800 bits per heavy atom. The molecule has 0 unspecified atom stereocenters. The quantitative estimate of drug-likeness (QED) is 0.0958. The van der Waals surface area contributed by atoms with E-state index in [1.54, 1.807) is 33.3 Å². The van der Waals surface area contributed by atoms with Crippen molar-refractivity contribution in [3.05, 3.63) is 77.4 Å². The number of carbonyl (C=O) groups excluding carboxylic acids is 9. The van der Waals surface area contributed by atoms with Crippen LogP contribution in [0.25, 0.3) is 33.1 Å². The van der Waals surface area contributed by atoms with Gasteiger partial charge in [0.25, 0.3) is 0 Å².